The predicted octanol–water partition coefficient (Wildman–Crippen LogP) is 2.29. The Hall–Kier alpha value is -3.03. The Morgan fingerprint density at radius 3 is 2.57 bits per heavy atom. The van der Waals surface area contributed by atoms with Gasteiger partial charge in [-0.1, -0.05) is 6.92 Å². The van der Waals surface area contributed by atoms with Crippen LogP contribution in [0.4, 0.5) is 4.39 Å². The minimum atomic E-state index is -0.388. The number of rotatable bonds is 3. The summed E-state index contributed by atoms with van der Waals surface area (Å²) < 4.78 is 15.9. The zero-order valence-electron chi connectivity index (χ0n) is 15.9. The molecule has 28 heavy (non-hydrogen) atoms. The van der Waals surface area contributed by atoms with Crippen LogP contribution >= 0.6 is 0 Å². The van der Waals surface area contributed by atoms with E-state index < -0.39 is 0 Å². The molecule has 4 rings (SSSR count). The van der Waals surface area contributed by atoms with Crippen LogP contribution in [-0.2, 0) is 11.3 Å². The highest BCUT2D eigenvalue weighted by molar-refractivity contribution is 5.82. The van der Waals surface area contributed by atoms with Crippen LogP contribution in [0.3, 0.4) is 0 Å². The molecule has 8 heteroatoms. The number of carbonyl (C=O) groups excluding carboxylic acids is 1. The van der Waals surface area contributed by atoms with Gasteiger partial charge in [0.15, 0.2) is 0 Å². The third-order valence-electron chi connectivity index (χ3n) is 5.36. The SMILES string of the molecule is Cc1nn(CC(=O)N2CCC(C)CC2)c(=O)c2c1cnn2-c1ccc(F)cc1. The molecule has 0 aliphatic carbocycles. The molecule has 0 bridgehead atoms. The van der Waals surface area contributed by atoms with Crippen molar-refractivity contribution in [1.29, 1.82) is 0 Å². The summed E-state index contributed by atoms with van der Waals surface area (Å²) in [6.45, 7) is 5.29. The minimum absolute atomic E-state index is 0.0986. The zero-order chi connectivity index (χ0) is 19.8. The lowest BCUT2D eigenvalue weighted by atomic mass is 9.99. The van der Waals surface area contributed by atoms with Crippen LogP contribution in [0.2, 0.25) is 0 Å². The van der Waals surface area contributed by atoms with E-state index >= 15 is 0 Å². The third kappa shape index (κ3) is 3.30. The molecule has 7 nitrogen and oxygen atoms in total. The highest BCUT2D eigenvalue weighted by Gasteiger charge is 2.22. The highest BCUT2D eigenvalue weighted by Crippen LogP contribution is 2.18. The summed E-state index contributed by atoms with van der Waals surface area (Å²) in [5, 5.41) is 9.21. The van der Waals surface area contributed by atoms with Crippen molar-refractivity contribution in [1.82, 2.24) is 24.5 Å². The summed E-state index contributed by atoms with van der Waals surface area (Å²) in [4.78, 5) is 27.5. The van der Waals surface area contributed by atoms with E-state index in [-0.39, 0.29) is 23.8 Å². The van der Waals surface area contributed by atoms with E-state index in [0.717, 1.165) is 12.8 Å². The number of carbonyl (C=O) groups is 1. The molecular formula is C20H22FN5O2. The van der Waals surface area contributed by atoms with Gasteiger partial charge in [-0.2, -0.15) is 10.2 Å². The lowest BCUT2D eigenvalue weighted by Gasteiger charge is -2.30. The molecule has 1 aromatic carbocycles. The minimum Gasteiger partial charge on any atom is -0.341 e. The first-order valence-electron chi connectivity index (χ1n) is 9.43. The van der Waals surface area contributed by atoms with E-state index in [1.807, 2.05) is 0 Å². The molecule has 1 saturated heterocycles. The number of benzene rings is 1. The van der Waals surface area contributed by atoms with Crippen molar-refractivity contribution in [3.63, 3.8) is 0 Å². The normalized spacial score (nSPS) is 15.3. The van der Waals surface area contributed by atoms with Gasteiger partial charge < -0.3 is 4.90 Å². The van der Waals surface area contributed by atoms with Crippen molar-refractivity contribution in [2.24, 2.45) is 5.92 Å². The van der Waals surface area contributed by atoms with Gasteiger partial charge in [-0.25, -0.2) is 13.8 Å². The van der Waals surface area contributed by atoms with Crippen molar-refractivity contribution < 1.29 is 9.18 Å². The molecule has 1 fully saturated rings. The molecule has 0 spiro atoms. The van der Waals surface area contributed by atoms with Crippen LogP contribution in [0, 0.1) is 18.7 Å². The van der Waals surface area contributed by atoms with Gasteiger partial charge >= 0.3 is 0 Å². The quantitative estimate of drug-likeness (QED) is 0.696. The predicted molar refractivity (Wildman–Crippen MR) is 103 cm³/mol. The maximum absolute atomic E-state index is 13.2. The van der Waals surface area contributed by atoms with E-state index in [4.69, 9.17) is 0 Å². The number of likely N-dealkylation sites (tertiary alicyclic amines) is 1. The van der Waals surface area contributed by atoms with Gasteiger partial charge in [0.2, 0.25) is 5.91 Å². The van der Waals surface area contributed by atoms with Crippen molar-refractivity contribution >= 4 is 16.8 Å². The average Bonchev–Trinajstić information content (AvgIpc) is 3.13. The molecule has 1 aliphatic heterocycles. The molecule has 1 amide bonds. The number of halogens is 1. The Kier molecular flexibility index (Phi) is 4.70. The monoisotopic (exact) mass is 383 g/mol. The van der Waals surface area contributed by atoms with Crippen molar-refractivity contribution in [2.45, 2.75) is 33.2 Å². The van der Waals surface area contributed by atoms with Crippen LogP contribution in [0.25, 0.3) is 16.6 Å². The van der Waals surface area contributed by atoms with Crippen molar-refractivity contribution in [2.75, 3.05) is 13.1 Å². The second-order valence-corrected chi connectivity index (χ2v) is 7.41. The summed E-state index contributed by atoms with van der Waals surface area (Å²) in [5.41, 5.74) is 1.13. The molecule has 146 valence electrons. The Morgan fingerprint density at radius 1 is 1.21 bits per heavy atom. The summed E-state index contributed by atoms with van der Waals surface area (Å²) in [7, 11) is 0. The second kappa shape index (κ2) is 7.18. The molecular weight excluding hydrogens is 361 g/mol. The lowest BCUT2D eigenvalue weighted by molar-refractivity contribution is -0.133. The smallest absolute Gasteiger partial charge is 0.293 e. The average molecular weight is 383 g/mol. The standard InChI is InChI=1S/C20H22FN5O2/c1-13-7-9-24(10-8-13)18(27)12-25-20(28)19-17(14(2)23-25)11-22-26(19)16-5-3-15(21)4-6-16/h3-6,11,13H,7-10,12H2,1-2H3. The molecule has 3 aromatic rings. The first-order valence-corrected chi connectivity index (χ1v) is 9.43. The first kappa shape index (κ1) is 18.3. The van der Waals surface area contributed by atoms with Gasteiger partial charge in [-0.05, 0) is 49.9 Å². The molecule has 0 radical (unpaired) electrons. The molecule has 0 unspecified atom stereocenters. The number of hydrogen-bond donors (Lipinski definition) is 0. The molecule has 3 heterocycles. The number of aromatic nitrogens is 4. The van der Waals surface area contributed by atoms with Crippen molar-refractivity contribution in [3.05, 3.63) is 52.3 Å². The third-order valence-corrected chi connectivity index (χ3v) is 5.36. The summed E-state index contributed by atoms with van der Waals surface area (Å²) in [5.74, 6) is 0.151. The summed E-state index contributed by atoms with van der Waals surface area (Å²) in [6, 6.07) is 5.75. The largest absolute Gasteiger partial charge is 0.341 e. The number of hydrogen-bond acceptors (Lipinski definition) is 4. The van der Waals surface area contributed by atoms with Gasteiger partial charge in [-0.3, -0.25) is 9.59 Å². The van der Waals surface area contributed by atoms with E-state index in [2.05, 4.69) is 17.1 Å². The highest BCUT2D eigenvalue weighted by atomic mass is 19.1. The fraction of sp³-hybridized carbons (Fsp3) is 0.400. The first-order chi connectivity index (χ1) is 13.4. The Balaban J connectivity index is 1.71. The number of fused-ring (bicyclic) bond motifs is 1. The number of piperidine rings is 1. The fourth-order valence-electron chi connectivity index (χ4n) is 3.59. The fourth-order valence-corrected chi connectivity index (χ4v) is 3.59. The maximum Gasteiger partial charge on any atom is 0.293 e. The molecule has 0 N–H and O–H groups in total. The Morgan fingerprint density at radius 2 is 1.89 bits per heavy atom. The van der Waals surface area contributed by atoms with Gasteiger partial charge in [0.1, 0.15) is 17.9 Å². The van der Waals surface area contributed by atoms with E-state index in [9.17, 15) is 14.0 Å². The zero-order valence-corrected chi connectivity index (χ0v) is 15.9. The van der Waals surface area contributed by atoms with Crippen molar-refractivity contribution in [3.8, 4) is 5.69 Å². The molecule has 2 aromatic heterocycles. The second-order valence-electron chi connectivity index (χ2n) is 7.41. The number of amides is 1. The molecule has 0 saturated carbocycles. The van der Waals surface area contributed by atoms with Gasteiger partial charge in [-0.15, -0.1) is 0 Å². The van der Waals surface area contributed by atoms with Crippen LogP contribution in [0.1, 0.15) is 25.5 Å². The van der Waals surface area contributed by atoms with E-state index in [0.29, 0.717) is 41.3 Å². The maximum atomic E-state index is 13.2. The Bertz CT molecular complexity index is 1080. The van der Waals surface area contributed by atoms with Crippen LogP contribution in [-0.4, -0.2) is 43.5 Å². The number of aryl methyl sites for hydroxylation is 1. The van der Waals surface area contributed by atoms with Crippen LogP contribution < -0.4 is 5.56 Å². The van der Waals surface area contributed by atoms with Gasteiger partial charge in [0, 0.05) is 18.5 Å². The summed E-state index contributed by atoms with van der Waals surface area (Å²) >= 11 is 0. The summed E-state index contributed by atoms with van der Waals surface area (Å²) in [6.07, 6.45) is 3.52. The topological polar surface area (TPSA) is 73.0 Å². The van der Waals surface area contributed by atoms with Crippen LogP contribution in [0.5, 0.6) is 0 Å². The van der Waals surface area contributed by atoms with E-state index in [1.54, 1.807) is 30.2 Å². The van der Waals surface area contributed by atoms with E-state index in [1.165, 1.54) is 21.5 Å². The number of nitrogens with zero attached hydrogens (tertiary/aromatic N) is 5. The molecule has 0 atom stereocenters. The van der Waals surface area contributed by atoms with Gasteiger partial charge in [0.25, 0.3) is 5.56 Å². The van der Waals surface area contributed by atoms with Crippen LogP contribution in [0.15, 0.2) is 35.3 Å². The van der Waals surface area contributed by atoms with Gasteiger partial charge in [0.05, 0.1) is 17.6 Å². The lowest BCUT2D eigenvalue weighted by Crippen LogP contribution is -2.42. The molecule has 1 aliphatic rings. The Labute approximate surface area is 161 Å².